The van der Waals surface area contributed by atoms with E-state index in [0.29, 0.717) is 10.0 Å². The second-order valence-corrected chi connectivity index (χ2v) is 5.46. The Kier molecular flexibility index (Phi) is 4.87. The highest BCUT2D eigenvalue weighted by Crippen LogP contribution is 2.29. The van der Waals surface area contributed by atoms with Crippen LogP contribution in [-0.2, 0) is 6.54 Å². The van der Waals surface area contributed by atoms with Crippen LogP contribution < -0.4 is 5.32 Å². The average Bonchev–Trinajstić information content (AvgIpc) is 2.35. The van der Waals surface area contributed by atoms with Gasteiger partial charge in [0.15, 0.2) is 0 Å². The van der Waals surface area contributed by atoms with Crippen molar-refractivity contribution in [3.8, 4) is 11.1 Å². The van der Waals surface area contributed by atoms with E-state index in [4.69, 9.17) is 23.2 Å². The molecule has 0 spiro atoms. The van der Waals surface area contributed by atoms with Gasteiger partial charge in [0.1, 0.15) is 0 Å². The topological polar surface area (TPSA) is 12.0 Å². The van der Waals surface area contributed by atoms with Crippen LogP contribution in [0.4, 0.5) is 0 Å². The highest BCUT2D eigenvalue weighted by molar-refractivity contribution is 6.35. The summed E-state index contributed by atoms with van der Waals surface area (Å²) in [4.78, 5) is 0. The van der Waals surface area contributed by atoms with E-state index < -0.39 is 0 Å². The van der Waals surface area contributed by atoms with Crippen LogP contribution in [0.25, 0.3) is 11.1 Å². The first kappa shape index (κ1) is 14.4. The zero-order valence-corrected chi connectivity index (χ0v) is 12.6. The van der Waals surface area contributed by atoms with Crippen molar-refractivity contribution in [3.63, 3.8) is 0 Å². The van der Waals surface area contributed by atoms with Crippen molar-refractivity contribution in [2.45, 2.75) is 20.4 Å². The van der Waals surface area contributed by atoms with Gasteiger partial charge in [-0.05, 0) is 53.9 Å². The lowest BCUT2D eigenvalue weighted by molar-refractivity contribution is 0.726. The van der Waals surface area contributed by atoms with Crippen LogP contribution in [0.1, 0.15) is 18.1 Å². The van der Waals surface area contributed by atoms with Crippen molar-refractivity contribution >= 4 is 23.2 Å². The molecule has 0 aliphatic carbocycles. The molecular weight excluding hydrogens is 277 g/mol. The van der Waals surface area contributed by atoms with E-state index in [1.54, 1.807) is 6.07 Å². The first-order chi connectivity index (χ1) is 9.10. The van der Waals surface area contributed by atoms with E-state index in [9.17, 15) is 0 Å². The van der Waals surface area contributed by atoms with Crippen molar-refractivity contribution in [2.24, 2.45) is 0 Å². The minimum Gasteiger partial charge on any atom is -0.313 e. The van der Waals surface area contributed by atoms with Crippen LogP contribution in [0, 0.1) is 6.92 Å². The lowest BCUT2D eigenvalue weighted by Crippen LogP contribution is -2.11. The Morgan fingerprint density at radius 2 is 1.68 bits per heavy atom. The fourth-order valence-corrected chi connectivity index (χ4v) is 2.66. The molecule has 0 saturated heterocycles. The predicted octanol–water partition coefficient (Wildman–Crippen LogP) is 5.08. The minimum absolute atomic E-state index is 0.665. The third kappa shape index (κ3) is 3.73. The Hall–Kier alpha value is -1.02. The maximum Gasteiger partial charge on any atom is 0.0426 e. The van der Waals surface area contributed by atoms with Crippen molar-refractivity contribution < 1.29 is 0 Å². The molecule has 2 aromatic carbocycles. The van der Waals surface area contributed by atoms with Gasteiger partial charge in [-0.2, -0.15) is 0 Å². The van der Waals surface area contributed by atoms with E-state index in [0.717, 1.165) is 18.7 Å². The molecule has 0 fully saturated rings. The first-order valence-electron chi connectivity index (χ1n) is 6.37. The molecule has 0 heterocycles. The summed E-state index contributed by atoms with van der Waals surface area (Å²) in [5, 5.41) is 4.66. The molecule has 2 aromatic rings. The van der Waals surface area contributed by atoms with Crippen molar-refractivity contribution in [2.75, 3.05) is 6.54 Å². The van der Waals surface area contributed by atoms with Crippen LogP contribution in [0.15, 0.2) is 36.4 Å². The smallest absolute Gasteiger partial charge is 0.0426 e. The molecule has 0 atom stereocenters. The van der Waals surface area contributed by atoms with Crippen molar-refractivity contribution in [1.29, 1.82) is 0 Å². The van der Waals surface area contributed by atoms with E-state index in [-0.39, 0.29) is 0 Å². The standard InChI is InChI=1S/C16H17Cl2N/c1-3-19-10-12-4-5-16(11(2)6-12)13-7-14(17)9-15(18)8-13/h4-9,19H,3,10H2,1-2H3. The normalized spacial score (nSPS) is 10.7. The minimum atomic E-state index is 0.665. The molecule has 0 aliphatic heterocycles. The van der Waals surface area contributed by atoms with Gasteiger partial charge in [0.25, 0.3) is 0 Å². The third-order valence-corrected chi connectivity index (χ3v) is 3.48. The maximum atomic E-state index is 6.06. The lowest BCUT2D eigenvalue weighted by Gasteiger charge is -2.10. The van der Waals surface area contributed by atoms with Gasteiger partial charge in [-0.3, -0.25) is 0 Å². The molecule has 0 aliphatic rings. The molecule has 1 nitrogen and oxygen atoms in total. The van der Waals surface area contributed by atoms with Crippen molar-refractivity contribution in [1.82, 2.24) is 5.32 Å². The van der Waals surface area contributed by atoms with E-state index >= 15 is 0 Å². The van der Waals surface area contributed by atoms with E-state index in [1.807, 2.05) is 12.1 Å². The molecule has 19 heavy (non-hydrogen) atoms. The fourth-order valence-electron chi connectivity index (χ4n) is 2.14. The Morgan fingerprint density at radius 1 is 1.00 bits per heavy atom. The van der Waals surface area contributed by atoms with Crippen LogP contribution in [0.5, 0.6) is 0 Å². The number of hydrogen-bond donors (Lipinski definition) is 1. The molecule has 0 bridgehead atoms. The SMILES string of the molecule is CCNCc1ccc(-c2cc(Cl)cc(Cl)c2)c(C)c1. The number of halogens is 2. The number of nitrogens with one attached hydrogen (secondary N) is 1. The Labute approximate surface area is 124 Å². The summed E-state index contributed by atoms with van der Waals surface area (Å²) >= 11 is 12.1. The molecule has 0 saturated carbocycles. The second kappa shape index (κ2) is 6.42. The molecule has 1 N–H and O–H groups in total. The number of hydrogen-bond acceptors (Lipinski definition) is 1. The third-order valence-electron chi connectivity index (χ3n) is 3.04. The van der Waals surface area contributed by atoms with Crippen LogP contribution in [0.2, 0.25) is 10.0 Å². The van der Waals surface area contributed by atoms with Gasteiger partial charge >= 0.3 is 0 Å². The summed E-state index contributed by atoms with van der Waals surface area (Å²) in [5.74, 6) is 0. The highest BCUT2D eigenvalue weighted by Gasteiger charge is 2.05. The van der Waals surface area contributed by atoms with Crippen LogP contribution in [0.3, 0.4) is 0 Å². The van der Waals surface area contributed by atoms with Gasteiger partial charge in [-0.25, -0.2) is 0 Å². The average molecular weight is 294 g/mol. The predicted molar refractivity (Wildman–Crippen MR) is 84.0 cm³/mol. The van der Waals surface area contributed by atoms with Gasteiger partial charge in [0.05, 0.1) is 0 Å². The molecule has 0 unspecified atom stereocenters. The van der Waals surface area contributed by atoms with Crippen LogP contribution in [-0.4, -0.2) is 6.54 Å². The van der Waals surface area contributed by atoms with Crippen molar-refractivity contribution in [3.05, 3.63) is 57.6 Å². The quantitative estimate of drug-likeness (QED) is 0.829. The molecule has 100 valence electrons. The molecule has 0 radical (unpaired) electrons. The Bertz CT molecular complexity index is 559. The highest BCUT2D eigenvalue weighted by atomic mass is 35.5. The number of aryl methyl sites for hydroxylation is 1. The van der Waals surface area contributed by atoms with Crippen LogP contribution >= 0.6 is 23.2 Å². The van der Waals surface area contributed by atoms with E-state index in [2.05, 4.69) is 37.4 Å². The number of benzene rings is 2. The van der Waals surface area contributed by atoms with Gasteiger partial charge in [-0.1, -0.05) is 48.3 Å². The van der Waals surface area contributed by atoms with Gasteiger partial charge < -0.3 is 5.32 Å². The summed E-state index contributed by atoms with van der Waals surface area (Å²) in [6.07, 6.45) is 0. The Morgan fingerprint density at radius 3 is 2.26 bits per heavy atom. The Balaban J connectivity index is 2.34. The molecule has 2 rings (SSSR count). The zero-order valence-electron chi connectivity index (χ0n) is 11.1. The first-order valence-corrected chi connectivity index (χ1v) is 7.12. The monoisotopic (exact) mass is 293 g/mol. The van der Waals surface area contributed by atoms with Gasteiger partial charge in [0, 0.05) is 16.6 Å². The summed E-state index contributed by atoms with van der Waals surface area (Å²) in [6.45, 7) is 6.09. The summed E-state index contributed by atoms with van der Waals surface area (Å²) in [7, 11) is 0. The van der Waals surface area contributed by atoms with Gasteiger partial charge in [-0.15, -0.1) is 0 Å². The fraction of sp³-hybridized carbons (Fsp3) is 0.250. The molecule has 0 amide bonds. The summed E-state index contributed by atoms with van der Waals surface area (Å²) in [6, 6.07) is 12.1. The maximum absolute atomic E-state index is 6.06. The molecule has 0 aromatic heterocycles. The van der Waals surface area contributed by atoms with E-state index in [1.165, 1.54) is 16.7 Å². The lowest BCUT2D eigenvalue weighted by atomic mass is 9.98. The zero-order chi connectivity index (χ0) is 13.8. The number of rotatable bonds is 4. The summed E-state index contributed by atoms with van der Waals surface area (Å²) in [5.41, 5.74) is 4.75. The second-order valence-electron chi connectivity index (χ2n) is 4.59. The largest absolute Gasteiger partial charge is 0.313 e. The summed E-state index contributed by atoms with van der Waals surface area (Å²) < 4.78 is 0. The molecule has 3 heteroatoms. The molecular formula is C16H17Cl2N. The van der Waals surface area contributed by atoms with Gasteiger partial charge in [0.2, 0.25) is 0 Å².